The lowest BCUT2D eigenvalue weighted by Crippen LogP contribution is -2.47. The summed E-state index contributed by atoms with van der Waals surface area (Å²) < 4.78 is 4.97. The average Bonchev–Trinajstić information content (AvgIpc) is 2.95. The van der Waals surface area contributed by atoms with Crippen molar-refractivity contribution in [2.75, 3.05) is 13.2 Å². The molecule has 1 fully saturated rings. The Bertz CT molecular complexity index is 820. The van der Waals surface area contributed by atoms with Gasteiger partial charge in [-0.15, -0.1) is 0 Å². The molecule has 29 heavy (non-hydrogen) atoms. The van der Waals surface area contributed by atoms with Crippen molar-refractivity contribution in [1.29, 1.82) is 0 Å². The standard InChI is InChI=1S/C21H27N3O5/c1-3-15(4-2)22-17(25)13-29-18(26)12-24-19(27)21(23-20(24)28)11-7-9-14-8-5-6-10-16(14)21/h5-6,8,10,15H,3-4,7,9,11-13H2,1-2H3,(H,22,25)(H,23,28)/t21-/m1/s1. The molecule has 0 bridgehead atoms. The van der Waals surface area contributed by atoms with E-state index in [4.69, 9.17) is 4.74 Å². The first kappa shape index (κ1) is 20.8. The number of nitrogens with one attached hydrogen (secondary N) is 2. The summed E-state index contributed by atoms with van der Waals surface area (Å²) >= 11 is 0. The van der Waals surface area contributed by atoms with Crippen LogP contribution in [-0.4, -0.2) is 47.9 Å². The topological polar surface area (TPSA) is 105 Å². The second-order valence-corrected chi connectivity index (χ2v) is 7.48. The maximum absolute atomic E-state index is 13.1. The Morgan fingerprint density at radius 2 is 1.97 bits per heavy atom. The van der Waals surface area contributed by atoms with E-state index in [1.165, 1.54) is 0 Å². The van der Waals surface area contributed by atoms with Gasteiger partial charge < -0.3 is 15.4 Å². The Morgan fingerprint density at radius 3 is 2.69 bits per heavy atom. The van der Waals surface area contributed by atoms with Gasteiger partial charge >= 0.3 is 12.0 Å². The minimum Gasteiger partial charge on any atom is -0.454 e. The zero-order chi connectivity index (χ0) is 21.0. The second kappa shape index (κ2) is 8.63. The van der Waals surface area contributed by atoms with Crippen LogP contribution in [0.5, 0.6) is 0 Å². The van der Waals surface area contributed by atoms with Crippen molar-refractivity contribution >= 4 is 23.8 Å². The normalized spacial score (nSPS) is 20.6. The van der Waals surface area contributed by atoms with Gasteiger partial charge in [0.1, 0.15) is 12.1 Å². The summed E-state index contributed by atoms with van der Waals surface area (Å²) in [5.41, 5.74) is 0.680. The number of carbonyl (C=O) groups is 4. The van der Waals surface area contributed by atoms with Crippen LogP contribution in [0.1, 0.15) is 50.7 Å². The van der Waals surface area contributed by atoms with Crippen molar-refractivity contribution < 1.29 is 23.9 Å². The first-order valence-corrected chi connectivity index (χ1v) is 10.1. The van der Waals surface area contributed by atoms with Crippen LogP contribution in [0.2, 0.25) is 0 Å². The lowest BCUT2D eigenvalue weighted by atomic mass is 9.76. The quantitative estimate of drug-likeness (QED) is 0.534. The number of benzene rings is 1. The molecule has 3 rings (SSSR count). The molecule has 156 valence electrons. The minimum absolute atomic E-state index is 0.0263. The number of fused-ring (bicyclic) bond motifs is 2. The third-order valence-corrected chi connectivity index (χ3v) is 5.65. The van der Waals surface area contributed by atoms with Gasteiger partial charge in [-0.25, -0.2) is 4.79 Å². The summed E-state index contributed by atoms with van der Waals surface area (Å²) in [4.78, 5) is 50.5. The molecule has 1 aliphatic heterocycles. The van der Waals surface area contributed by atoms with E-state index < -0.39 is 42.5 Å². The summed E-state index contributed by atoms with van der Waals surface area (Å²) in [5, 5.41) is 5.55. The van der Waals surface area contributed by atoms with Crippen LogP contribution in [0.15, 0.2) is 24.3 Å². The number of nitrogens with zero attached hydrogens (tertiary/aromatic N) is 1. The van der Waals surface area contributed by atoms with Gasteiger partial charge in [0, 0.05) is 6.04 Å². The van der Waals surface area contributed by atoms with Crippen LogP contribution < -0.4 is 10.6 Å². The Balaban J connectivity index is 1.63. The monoisotopic (exact) mass is 401 g/mol. The number of urea groups is 1. The number of aryl methyl sites for hydroxylation is 1. The molecule has 2 aliphatic rings. The smallest absolute Gasteiger partial charge is 0.326 e. The van der Waals surface area contributed by atoms with Gasteiger partial charge in [-0.05, 0) is 43.2 Å². The Labute approximate surface area is 170 Å². The molecule has 1 heterocycles. The van der Waals surface area contributed by atoms with E-state index in [-0.39, 0.29) is 6.04 Å². The second-order valence-electron chi connectivity index (χ2n) is 7.48. The molecule has 8 heteroatoms. The van der Waals surface area contributed by atoms with Crippen LogP contribution in [0.4, 0.5) is 4.79 Å². The number of carbonyl (C=O) groups excluding carboxylic acids is 4. The number of rotatable bonds is 7. The van der Waals surface area contributed by atoms with Gasteiger partial charge in [-0.2, -0.15) is 0 Å². The molecule has 1 saturated heterocycles. The highest BCUT2D eigenvalue weighted by Gasteiger charge is 2.54. The van der Waals surface area contributed by atoms with Gasteiger partial charge in [0.05, 0.1) is 0 Å². The van der Waals surface area contributed by atoms with Crippen molar-refractivity contribution in [2.24, 2.45) is 0 Å². The number of hydrogen-bond acceptors (Lipinski definition) is 5. The molecular weight excluding hydrogens is 374 g/mol. The highest BCUT2D eigenvalue weighted by atomic mass is 16.5. The van der Waals surface area contributed by atoms with E-state index in [2.05, 4.69) is 10.6 Å². The highest BCUT2D eigenvalue weighted by molar-refractivity contribution is 6.09. The van der Waals surface area contributed by atoms with Crippen LogP contribution in [-0.2, 0) is 31.1 Å². The average molecular weight is 401 g/mol. The number of ether oxygens (including phenoxy) is 1. The lowest BCUT2D eigenvalue weighted by Gasteiger charge is -2.33. The molecule has 1 atom stereocenters. The maximum atomic E-state index is 13.1. The van der Waals surface area contributed by atoms with E-state index in [1.807, 2.05) is 38.1 Å². The number of hydrogen-bond donors (Lipinski definition) is 2. The Kier molecular flexibility index (Phi) is 6.20. The maximum Gasteiger partial charge on any atom is 0.326 e. The van der Waals surface area contributed by atoms with Crippen LogP contribution in [0.3, 0.4) is 0 Å². The fourth-order valence-corrected chi connectivity index (χ4v) is 4.04. The fourth-order valence-electron chi connectivity index (χ4n) is 4.04. The number of imide groups is 1. The molecule has 8 nitrogen and oxygen atoms in total. The molecule has 0 saturated carbocycles. The van der Waals surface area contributed by atoms with Crippen molar-refractivity contribution in [1.82, 2.24) is 15.5 Å². The lowest BCUT2D eigenvalue weighted by molar-refractivity contribution is -0.151. The van der Waals surface area contributed by atoms with E-state index in [1.54, 1.807) is 0 Å². The van der Waals surface area contributed by atoms with E-state index in [9.17, 15) is 19.2 Å². The fraction of sp³-hybridized carbons (Fsp3) is 0.524. The number of esters is 1. The van der Waals surface area contributed by atoms with Gasteiger partial charge in [-0.1, -0.05) is 38.1 Å². The van der Waals surface area contributed by atoms with Crippen LogP contribution >= 0.6 is 0 Å². The first-order valence-electron chi connectivity index (χ1n) is 10.1. The summed E-state index contributed by atoms with van der Waals surface area (Å²) in [6.45, 7) is 2.95. The summed E-state index contributed by atoms with van der Waals surface area (Å²) in [6.07, 6.45) is 3.65. The van der Waals surface area contributed by atoms with E-state index in [0.717, 1.165) is 41.7 Å². The molecule has 1 aromatic carbocycles. The molecular formula is C21H27N3O5. The van der Waals surface area contributed by atoms with Gasteiger partial charge in [0.2, 0.25) is 0 Å². The Morgan fingerprint density at radius 1 is 1.24 bits per heavy atom. The number of amides is 4. The summed E-state index contributed by atoms with van der Waals surface area (Å²) in [7, 11) is 0. The van der Waals surface area contributed by atoms with Gasteiger partial charge in [-0.3, -0.25) is 19.3 Å². The minimum atomic E-state index is -1.13. The predicted octanol–water partition coefficient (Wildman–Crippen LogP) is 1.62. The molecule has 0 aromatic heterocycles. The highest BCUT2D eigenvalue weighted by Crippen LogP contribution is 2.39. The first-order chi connectivity index (χ1) is 13.9. The third-order valence-electron chi connectivity index (χ3n) is 5.65. The van der Waals surface area contributed by atoms with Crippen LogP contribution in [0.25, 0.3) is 0 Å². The SMILES string of the molecule is CCC(CC)NC(=O)COC(=O)CN1C(=O)N[C@@]2(CCCc3ccccc32)C1=O. The zero-order valence-electron chi connectivity index (χ0n) is 16.8. The van der Waals surface area contributed by atoms with Gasteiger partial charge in [0.15, 0.2) is 6.61 Å². The zero-order valence-corrected chi connectivity index (χ0v) is 16.8. The predicted molar refractivity (Wildman–Crippen MR) is 105 cm³/mol. The molecule has 0 radical (unpaired) electrons. The molecule has 2 N–H and O–H groups in total. The third kappa shape index (κ3) is 4.11. The van der Waals surface area contributed by atoms with Crippen molar-refractivity contribution in [3.63, 3.8) is 0 Å². The van der Waals surface area contributed by atoms with Crippen LogP contribution in [0, 0.1) is 0 Å². The molecule has 0 unspecified atom stereocenters. The largest absolute Gasteiger partial charge is 0.454 e. The summed E-state index contributed by atoms with van der Waals surface area (Å²) in [6, 6.07) is 6.94. The Hall–Kier alpha value is -2.90. The summed E-state index contributed by atoms with van der Waals surface area (Å²) in [5.74, 6) is -1.65. The van der Waals surface area contributed by atoms with Gasteiger partial charge in [0.25, 0.3) is 11.8 Å². The van der Waals surface area contributed by atoms with Crippen molar-refractivity contribution in [2.45, 2.75) is 57.5 Å². The van der Waals surface area contributed by atoms with E-state index in [0.29, 0.717) is 6.42 Å². The van der Waals surface area contributed by atoms with Crippen molar-refractivity contribution in [3.05, 3.63) is 35.4 Å². The van der Waals surface area contributed by atoms with Crippen molar-refractivity contribution in [3.8, 4) is 0 Å². The van der Waals surface area contributed by atoms with E-state index >= 15 is 0 Å². The molecule has 1 spiro atoms. The molecule has 1 aromatic rings. The molecule has 4 amide bonds. The molecule has 1 aliphatic carbocycles.